The van der Waals surface area contributed by atoms with Crippen LogP contribution in [0.1, 0.15) is 15.9 Å². The smallest absolute Gasteiger partial charge is 0.257 e. The van der Waals surface area contributed by atoms with E-state index in [-0.39, 0.29) is 5.91 Å². The van der Waals surface area contributed by atoms with Crippen molar-refractivity contribution in [2.75, 3.05) is 5.32 Å². The molecule has 0 fully saturated rings. The number of carbonyl (C=O) groups excluding carboxylic acids is 1. The summed E-state index contributed by atoms with van der Waals surface area (Å²) in [5.74, 6) is -0.175. The third kappa shape index (κ3) is 3.14. The first-order valence-electron chi connectivity index (χ1n) is 6.49. The lowest BCUT2D eigenvalue weighted by atomic mass is 10.1. The van der Waals surface area contributed by atoms with Crippen molar-refractivity contribution in [2.24, 2.45) is 0 Å². The van der Waals surface area contributed by atoms with Crippen LogP contribution in [0.4, 0.5) is 5.13 Å². The molecule has 0 unspecified atom stereocenters. The molecule has 1 aromatic heterocycles. The molecule has 0 aliphatic heterocycles. The summed E-state index contributed by atoms with van der Waals surface area (Å²) in [6, 6.07) is 17.2. The van der Waals surface area contributed by atoms with Crippen LogP contribution in [0.5, 0.6) is 0 Å². The fourth-order valence-corrected chi connectivity index (χ4v) is 2.59. The van der Waals surface area contributed by atoms with E-state index in [2.05, 4.69) is 15.5 Å². The summed E-state index contributed by atoms with van der Waals surface area (Å²) < 4.78 is 0. The van der Waals surface area contributed by atoms with Crippen molar-refractivity contribution in [3.8, 4) is 10.6 Å². The van der Waals surface area contributed by atoms with Crippen LogP contribution < -0.4 is 5.32 Å². The third-order valence-corrected chi connectivity index (χ3v) is 3.87. The van der Waals surface area contributed by atoms with Crippen molar-refractivity contribution in [3.63, 3.8) is 0 Å². The number of anilines is 1. The Morgan fingerprint density at radius 2 is 1.71 bits per heavy atom. The highest BCUT2D eigenvalue weighted by Crippen LogP contribution is 2.26. The number of hydrogen-bond acceptors (Lipinski definition) is 4. The van der Waals surface area contributed by atoms with Crippen molar-refractivity contribution in [1.82, 2.24) is 10.2 Å². The molecular weight excluding hydrogens is 282 g/mol. The van der Waals surface area contributed by atoms with E-state index < -0.39 is 0 Å². The standard InChI is InChI=1S/C16H13N3OS/c1-11-7-9-12(10-8-11)14(20)17-16-19-18-15(21-16)13-5-3-2-4-6-13/h2-10H,1H3,(H,17,19,20). The van der Waals surface area contributed by atoms with Gasteiger partial charge in [0.2, 0.25) is 5.13 Å². The van der Waals surface area contributed by atoms with Gasteiger partial charge in [0.05, 0.1) is 0 Å². The van der Waals surface area contributed by atoms with E-state index in [9.17, 15) is 4.79 Å². The van der Waals surface area contributed by atoms with Gasteiger partial charge in [-0.2, -0.15) is 0 Å². The van der Waals surface area contributed by atoms with Gasteiger partial charge < -0.3 is 0 Å². The number of benzene rings is 2. The molecule has 3 rings (SSSR count). The van der Waals surface area contributed by atoms with Crippen molar-refractivity contribution >= 4 is 22.4 Å². The molecule has 0 aliphatic carbocycles. The van der Waals surface area contributed by atoms with Gasteiger partial charge >= 0.3 is 0 Å². The van der Waals surface area contributed by atoms with Gasteiger partial charge in [-0.3, -0.25) is 10.1 Å². The van der Waals surface area contributed by atoms with E-state index in [1.807, 2.05) is 49.4 Å². The summed E-state index contributed by atoms with van der Waals surface area (Å²) in [5, 5.41) is 12.2. The van der Waals surface area contributed by atoms with E-state index >= 15 is 0 Å². The zero-order valence-corrected chi connectivity index (χ0v) is 12.2. The number of nitrogens with zero attached hydrogens (tertiary/aromatic N) is 2. The fourth-order valence-electron chi connectivity index (χ4n) is 1.85. The molecule has 0 saturated heterocycles. The molecule has 0 spiro atoms. The summed E-state index contributed by atoms with van der Waals surface area (Å²) in [6.45, 7) is 1.98. The van der Waals surface area contributed by atoms with Crippen LogP contribution in [0.25, 0.3) is 10.6 Å². The number of rotatable bonds is 3. The van der Waals surface area contributed by atoms with Crippen LogP contribution in [0, 0.1) is 6.92 Å². The van der Waals surface area contributed by atoms with E-state index in [1.165, 1.54) is 11.3 Å². The number of carbonyl (C=O) groups is 1. The number of hydrogen-bond donors (Lipinski definition) is 1. The number of aryl methyl sites for hydroxylation is 1. The molecule has 0 radical (unpaired) electrons. The van der Waals surface area contributed by atoms with Gasteiger partial charge in [-0.25, -0.2) is 0 Å². The largest absolute Gasteiger partial charge is 0.296 e. The Hall–Kier alpha value is -2.53. The Balaban J connectivity index is 1.75. The highest BCUT2D eigenvalue weighted by atomic mass is 32.1. The fraction of sp³-hybridized carbons (Fsp3) is 0.0625. The van der Waals surface area contributed by atoms with Crippen LogP contribution >= 0.6 is 11.3 Å². The monoisotopic (exact) mass is 295 g/mol. The summed E-state index contributed by atoms with van der Waals surface area (Å²) in [7, 11) is 0. The molecule has 1 N–H and O–H groups in total. The molecule has 1 heterocycles. The molecule has 0 saturated carbocycles. The zero-order chi connectivity index (χ0) is 14.7. The molecule has 5 heteroatoms. The van der Waals surface area contributed by atoms with Crippen molar-refractivity contribution in [3.05, 3.63) is 65.7 Å². The lowest BCUT2D eigenvalue weighted by molar-refractivity contribution is 0.102. The van der Waals surface area contributed by atoms with Gasteiger partial charge in [-0.1, -0.05) is 59.4 Å². The summed E-state index contributed by atoms with van der Waals surface area (Å²) >= 11 is 1.36. The Morgan fingerprint density at radius 1 is 1.00 bits per heavy atom. The van der Waals surface area contributed by atoms with Crippen molar-refractivity contribution in [2.45, 2.75) is 6.92 Å². The molecule has 4 nitrogen and oxygen atoms in total. The van der Waals surface area contributed by atoms with Crippen LogP contribution in [-0.4, -0.2) is 16.1 Å². The van der Waals surface area contributed by atoms with Crippen molar-refractivity contribution in [1.29, 1.82) is 0 Å². The summed E-state index contributed by atoms with van der Waals surface area (Å²) in [4.78, 5) is 12.1. The SMILES string of the molecule is Cc1ccc(C(=O)Nc2nnc(-c3ccccc3)s2)cc1. The predicted octanol–water partition coefficient (Wildman–Crippen LogP) is 3.77. The minimum absolute atomic E-state index is 0.175. The molecule has 2 aromatic carbocycles. The lowest BCUT2D eigenvalue weighted by Gasteiger charge is -2.01. The van der Waals surface area contributed by atoms with Crippen LogP contribution in [-0.2, 0) is 0 Å². The maximum Gasteiger partial charge on any atom is 0.257 e. The van der Waals surface area contributed by atoms with Gasteiger partial charge in [-0.05, 0) is 19.1 Å². The van der Waals surface area contributed by atoms with Gasteiger partial charge in [-0.15, -0.1) is 10.2 Å². The minimum atomic E-state index is -0.175. The maximum absolute atomic E-state index is 12.1. The molecule has 0 atom stereocenters. The second kappa shape index (κ2) is 5.85. The van der Waals surface area contributed by atoms with E-state index in [0.29, 0.717) is 10.7 Å². The quantitative estimate of drug-likeness (QED) is 0.800. The van der Waals surface area contributed by atoms with Crippen LogP contribution in [0.2, 0.25) is 0 Å². The number of aromatic nitrogens is 2. The highest BCUT2D eigenvalue weighted by molar-refractivity contribution is 7.18. The molecule has 1 amide bonds. The maximum atomic E-state index is 12.1. The Kier molecular flexibility index (Phi) is 3.75. The second-order valence-corrected chi connectivity index (χ2v) is 5.58. The molecule has 3 aromatic rings. The normalized spacial score (nSPS) is 10.3. The van der Waals surface area contributed by atoms with E-state index in [4.69, 9.17) is 0 Å². The minimum Gasteiger partial charge on any atom is -0.296 e. The molecular formula is C16H13N3OS. The summed E-state index contributed by atoms with van der Waals surface area (Å²) in [5.41, 5.74) is 2.72. The van der Waals surface area contributed by atoms with Gasteiger partial charge in [0, 0.05) is 11.1 Å². The van der Waals surface area contributed by atoms with E-state index in [0.717, 1.165) is 16.1 Å². The molecule has 0 bridgehead atoms. The van der Waals surface area contributed by atoms with Gasteiger partial charge in [0.15, 0.2) is 0 Å². The van der Waals surface area contributed by atoms with E-state index in [1.54, 1.807) is 12.1 Å². The summed E-state index contributed by atoms with van der Waals surface area (Å²) in [6.07, 6.45) is 0. The average molecular weight is 295 g/mol. The molecule has 104 valence electrons. The van der Waals surface area contributed by atoms with Gasteiger partial charge in [0.25, 0.3) is 5.91 Å². The Labute approximate surface area is 126 Å². The first-order chi connectivity index (χ1) is 10.2. The number of nitrogens with one attached hydrogen (secondary N) is 1. The highest BCUT2D eigenvalue weighted by Gasteiger charge is 2.10. The Morgan fingerprint density at radius 3 is 2.43 bits per heavy atom. The average Bonchev–Trinajstić information content (AvgIpc) is 2.97. The predicted molar refractivity (Wildman–Crippen MR) is 84.5 cm³/mol. The second-order valence-electron chi connectivity index (χ2n) is 4.60. The molecule has 21 heavy (non-hydrogen) atoms. The van der Waals surface area contributed by atoms with Crippen LogP contribution in [0.15, 0.2) is 54.6 Å². The topological polar surface area (TPSA) is 54.9 Å². The lowest BCUT2D eigenvalue weighted by Crippen LogP contribution is -2.11. The Bertz CT molecular complexity index is 751. The zero-order valence-electron chi connectivity index (χ0n) is 11.4. The third-order valence-electron chi connectivity index (χ3n) is 2.98. The first kappa shape index (κ1) is 13.5. The van der Waals surface area contributed by atoms with Crippen molar-refractivity contribution < 1.29 is 4.79 Å². The van der Waals surface area contributed by atoms with Crippen LogP contribution in [0.3, 0.4) is 0 Å². The first-order valence-corrected chi connectivity index (χ1v) is 7.31. The molecule has 0 aliphatic rings. The number of amides is 1. The van der Waals surface area contributed by atoms with Gasteiger partial charge in [0.1, 0.15) is 5.01 Å².